The van der Waals surface area contributed by atoms with Crippen LogP contribution in [0.15, 0.2) is 30.6 Å². The molecule has 2 amide bonds. The van der Waals surface area contributed by atoms with E-state index in [4.69, 9.17) is 4.74 Å². The summed E-state index contributed by atoms with van der Waals surface area (Å²) in [5, 5.41) is 15.5. The maximum absolute atomic E-state index is 12.0. The summed E-state index contributed by atoms with van der Waals surface area (Å²) in [5.41, 5.74) is 1.12. The maximum Gasteiger partial charge on any atom is 0.328 e. The number of carbonyl (C=O) groups excluding carboxylic acids is 3. The highest BCUT2D eigenvalue weighted by Crippen LogP contribution is 2.14. The molecular formula is C14H16N6O4. The van der Waals surface area contributed by atoms with E-state index in [0.29, 0.717) is 11.4 Å². The zero-order chi connectivity index (χ0) is 17.5. The minimum absolute atomic E-state index is 0.184. The Labute approximate surface area is 137 Å². The Morgan fingerprint density at radius 3 is 2.33 bits per heavy atom. The second-order valence-electron chi connectivity index (χ2n) is 4.89. The summed E-state index contributed by atoms with van der Waals surface area (Å²) in [5.74, 6) is -1.30. The first kappa shape index (κ1) is 17.1. The molecule has 24 heavy (non-hydrogen) atoms. The molecule has 2 aromatic rings. The van der Waals surface area contributed by atoms with Crippen molar-refractivity contribution in [2.75, 3.05) is 10.6 Å². The third-order valence-electron chi connectivity index (χ3n) is 2.83. The Morgan fingerprint density at radius 2 is 1.79 bits per heavy atom. The second-order valence-corrected chi connectivity index (χ2v) is 4.89. The molecule has 10 nitrogen and oxygen atoms in total. The Kier molecular flexibility index (Phi) is 5.55. The highest BCUT2D eigenvalue weighted by atomic mass is 16.5. The van der Waals surface area contributed by atoms with Crippen LogP contribution in [0.2, 0.25) is 0 Å². The van der Waals surface area contributed by atoms with Crippen LogP contribution in [0.3, 0.4) is 0 Å². The van der Waals surface area contributed by atoms with Gasteiger partial charge in [0.2, 0.25) is 5.91 Å². The van der Waals surface area contributed by atoms with E-state index >= 15 is 0 Å². The van der Waals surface area contributed by atoms with E-state index in [2.05, 4.69) is 26.2 Å². The van der Waals surface area contributed by atoms with Gasteiger partial charge in [0.05, 0.1) is 0 Å². The standard InChI is InChI=1S/C14H16N6O4/c1-9(24-13(22)7-20-8-15-18-19-20)14(23)17-12-5-3-11(4-6-12)16-10(2)21/h3-6,8-9H,7H2,1-2H3,(H,16,21)(H,17,23)/t9-/m0/s1. The van der Waals surface area contributed by atoms with Gasteiger partial charge in [0.25, 0.3) is 5.91 Å². The van der Waals surface area contributed by atoms with Crippen LogP contribution in [0, 0.1) is 0 Å². The number of tetrazole rings is 1. The average Bonchev–Trinajstić information content (AvgIpc) is 3.01. The second kappa shape index (κ2) is 7.81. The van der Waals surface area contributed by atoms with Crippen LogP contribution in [0.5, 0.6) is 0 Å². The predicted octanol–water partition coefficient (Wildman–Crippen LogP) is 0.202. The number of rotatable bonds is 6. The normalized spacial score (nSPS) is 11.4. The quantitative estimate of drug-likeness (QED) is 0.723. The van der Waals surface area contributed by atoms with Crippen LogP contribution >= 0.6 is 0 Å². The molecule has 126 valence electrons. The van der Waals surface area contributed by atoms with Crippen molar-refractivity contribution < 1.29 is 19.1 Å². The molecule has 2 N–H and O–H groups in total. The first-order valence-electron chi connectivity index (χ1n) is 7.03. The Balaban J connectivity index is 1.84. The van der Waals surface area contributed by atoms with E-state index in [1.54, 1.807) is 24.3 Å². The number of ether oxygens (including phenoxy) is 1. The summed E-state index contributed by atoms with van der Waals surface area (Å²) in [6, 6.07) is 6.54. The summed E-state index contributed by atoms with van der Waals surface area (Å²) in [6.45, 7) is 2.68. The zero-order valence-corrected chi connectivity index (χ0v) is 13.1. The minimum Gasteiger partial charge on any atom is -0.451 e. The number of amides is 2. The first-order valence-corrected chi connectivity index (χ1v) is 7.03. The van der Waals surface area contributed by atoms with Gasteiger partial charge in [-0.2, -0.15) is 0 Å². The lowest BCUT2D eigenvalue weighted by atomic mass is 10.2. The summed E-state index contributed by atoms with van der Waals surface area (Å²) in [6.07, 6.45) is 0.284. The number of benzene rings is 1. The lowest BCUT2D eigenvalue weighted by molar-refractivity contribution is -0.153. The van der Waals surface area contributed by atoms with Crippen LogP contribution in [0.4, 0.5) is 11.4 Å². The van der Waals surface area contributed by atoms with Crippen LogP contribution in [-0.2, 0) is 25.7 Å². The summed E-state index contributed by atoms with van der Waals surface area (Å²) >= 11 is 0. The maximum atomic E-state index is 12.0. The van der Waals surface area contributed by atoms with Gasteiger partial charge in [0, 0.05) is 18.3 Å². The summed E-state index contributed by atoms with van der Waals surface area (Å²) < 4.78 is 6.20. The van der Waals surface area contributed by atoms with E-state index in [1.165, 1.54) is 24.9 Å². The number of carbonyl (C=O) groups is 3. The van der Waals surface area contributed by atoms with Crippen molar-refractivity contribution in [3.05, 3.63) is 30.6 Å². The number of hydrogen-bond donors (Lipinski definition) is 2. The molecule has 0 unspecified atom stereocenters. The van der Waals surface area contributed by atoms with Gasteiger partial charge in [-0.25, -0.2) is 4.68 Å². The van der Waals surface area contributed by atoms with Crippen LogP contribution in [0.1, 0.15) is 13.8 Å². The van der Waals surface area contributed by atoms with Crippen molar-refractivity contribution in [3.8, 4) is 0 Å². The van der Waals surface area contributed by atoms with Crippen molar-refractivity contribution in [1.29, 1.82) is 0 Å². The molecule has 1 aromatic heterocycles. The minimum atomic E-state index is -0.982. The van der Waals surface area contributed by atoms with Crippen molar-refractivity contribution in [1.82, 2.24) is 20.2 Å². The van der Waals surface area contributed by atoms with Gasteiger partial charge in [-0.3, -0.25) is 14.4 Å². The summed E-state index contributed by atoms with van der Waals surface area (Å²) in [4.78, 5) is 34.6. The van der Waals surface area contributed by atoms with E-state index < -0.39 is 18.0 Å². The Morgan fingerprint density at radius 1 is 1.17 bits per heavy atom. The van der Waals surface area contributed by atoms with Crippen LogP contribution < -0.4 is 10.6 Å². The molecule has 0 bridgehead atoms. The van der Waals surface area contributed by atoms with Gasteiger partial charge >= 0.3 is 5.97 Å². The topological polar surface area (TPSA) is 128 Å². The molecule has 2 rings (SSSR count). The fourth-order valence-corrected chi connectivity index (χ4v) is 1.76. The molecule has 0 fully saturated rings. The molecule has 1 heterocycles. The molecule has 1 atom stereocenters. The Hall–Kier alpha value is -3.30. The van der Waals surface area contributed by atoms with Crippen molar-refractivity contribution in [2.24, 2.45) is 0 Å². The molecule has 0 radical (unpaired) electrons. The first-order chi connectivity index (χ1) is 11.4. The van der Waals surface area contributed by atoms with Gasteiger partial charge in [0.1, 0.15) is 12.9 Å². The fraction of sp³-hybridized carbons (Fsp3) is 0.286. The number of nitrogens with zero attached hydrogens (tertiary/aromatic N) is 4. The lowest BCUT2D eigenvalue weighted by Gasteiger charge is -2.13. The smallest absolute Gasteiger partial charge is 0.328 e. The molecule has 1 aromatic carbocycles. The highest BCUT2D eigenvalue weighted by molar-refractivity contribution is 5.95. The molecule has 0 aliphatic rings. The van der Waals surface area contributed by atoms with Crippen LogP contribution in [-0.4, -0.2) is 44.1 Å². The number of anilines is 2. The van der Waals surface area contributed by atoms with E-state index in [0.717, 1.165) is 0 Å². The zero-order valence-electron chi connectivity index (χ0n) is 13.1. The van der Waals surface area contributed by atoms with Crippen molar-refractivity contribution in [2.45, 2.75) is 26.5 Å². The highest BCUT2D eigenvalue weighted by Gasteiger charge is 2.18. The van der Waals surface area contributed by atoms with Crippen LogP contribution in [0.25, 0.3) is 0 Å². The van der Waals surface area contributed by atoms with E-state index in [9.17, 15) is 14.4 Å². The van der Waals surface area contributed by atoms with Gasteiger partial charge in [-0.15, -0.1) is 5.10 Å². The lowest BCUT2D eigenvalue weighted by Crippen LogP contribution is -2.31. The van der Waals surface area contributed by atoms with Gasteiger partial charge in [-0.1, -0.05) is 0 Å². The molecule has 10 heteroatoms. The number of nitrogens with one attached hydrogen (secondary N) is 2. The Bertz CT molecular complexity index is 713. The molecule has 0 aliphatic heterocycles. The number of hydrogen-bond acceptors (Lipinski definition) is 7. The number of esters is 1. The predicted molar refractivity (Wildman–Crippen MR) is 82.7 cm³/mol. The molecular weight excluding hydrogens is 316 g/mol. The van der Waals surface area contributed by atoms with E-state index in [1.807, 2.05) is 0 Å². The average molecular weight is 332 g/mol. The van der Waals surface area contributed by atoms with Gasteiger partial charge < -0.3 is 15.4 Å². The largest absolute Gasteiger partial charge is 0.451 e. The monoisotopic (exact) mass is 332 g/mol. The fourth-order valence-electron chi connectivity index (χ4n) is 1.76. The molecule has 0 saturated heterocycles. The third kappa shape index (κ3) is 5.16. The van der Waals surface area contributed by atoms with Crippen molar-refractivity contribution >= 4 is 29.2 Å². The summed E-state index contributed by atoms with van der Waals surface area (Å²) in [7, 11) is 0. The number of aromatic nitrogens is 4. The third-order valence-corrected chi connectivity index (χ3v) is 2.83. The van der Waals surface area contributed by atoms with Crippen molar-refractivity contribution in [3.63, 3.8) is 0 Å². The molecule has 0 saturated carbocycles. The van der Waals surface area contributed by atoms with Gasteiger partial charge in [0.15, 0.2) is 6.10 Å². The molecule has 0 spiro atoms. The SMILES string of the molecule is CC(=O)Nc1ccc(NC(=O)[C@H](C)OC(=O)Cn2cnnn2)cc1. The van der Waals surface area contributed by atoms with Gasteiger partial charge in [-0.05, 0) is 41.6 Å². The molecule has 0 aliphatic carbocycles. The van der Waals surface area contributed by atoms with E-state index in [-0.39, 0.29) is 12.5 Å².